The summed E-state index contributed by atoms with van der Waals surface area (Å²) in [6.45, 7) is 2.01. The maximum Gasteiger partial charge on any atom is 0.123 e. The number of benzene rings is 1. The zero-order chi connectivity index (χ0) is 8.55. The molecule has 0 fully saturated rings. The van der Waals surface area contributed by atoms with Crippen LogP contribution in [0.1, 0.15) is 12.5 Å². The van der Waals surface area contributed by atoms with Gasteiger partial charge in [0, 0.05) is 6.04 Å². The minimum absolute atomic E-state index is 0. The number of halogens is 1. The Morgan fingerprint density at radius 2 is 2.08 bits per heavy atom. The minimum Gasteiger partial charge on any atom is -0.489 e. The largest absolute Gasteiger partial charge is 0.489 e. The van der Waals surface area contributed by atoms with Gasteiger partial charge in [-0.05, 0) is 25.0 Å². The van der Waals surface area contributed by atoms with Crippen LogP contribution in [0.5, 0.6) is 5.75 Å². The summed E-state index contributed by atoms with van der Waals surface area (Å²) in [6.07, 6.45) is 1.07. The van der Waals surface area contributed by atoms with Gasteiger partial charge >= 0.3 is 0 Å². The van der Waals surface area contributed by atoms with E-state index < -0.39 is 0 Å². The molecule has 2 rings (SSSR count). The van der Waals surface area contributed by atoms with E-state index in [0.717, 1.165) is 12.2 Å². The molecule has 1 aliphatic heterocycles. The lowest BCUT2D eigenvalue weighted by Crippen LogP contribution is -2.41. The van der Waals surface area contributed by atoms with Crippen molar-refractivity contribution in [1.29, 1.82) is 0 Å². The van der Waals surface area contributed by atoms with Crippen molar-refractivity contribution in [3.63, 3.8) is 0 Å². The minimum atomic E-state index is 0. The Kier molecular flexibility index (Phi) is 3.17. The van der Waals surface area contributed by atoms with Gasteiger partial charge in [-0.2, -0.15) is 0 Å². The fourth-order valence-electron chi connectivity index (χ4n) is 1.50. The second kappa shape index (κ2) is 3.99. The average Bonchev–Trinajstić information content (AvgIpc) is 2.07. The van der Waals surface area contributed by atoms with Crippen LogP contribution >= 0.6 is 12.4 Å². The molecule has 1 aromatic rings. The smallest absolute Gasteiger partial charge is 0.123 e. The van der Waals surface area contributed by atoms with Crippen molar-refractivity contribution >= 4 is 12.4 Å². The average molecular weight is 200 g/mol. The molecule has 0 aromatic heterocycles. The summed E-state index contributed by atoms with van der Waals surface area (Å²) in [4.78, 5) is 0. The predicted octanol–water partition coefficient (Wildman–Crippen LogP) is 1.76. The van der Waals surface area contributed by atoms with Gasteiger partial charge in [0.05, 0.1) is 0 Å². The van der Waals surface area contributed by atoms with Gasteiger partial charge in [-0.15, -0.1) is 12.4 Å². The van der Waals surface area contributed by atoms with Crippen LogP contribution in [0.2, 0.25) is 0 Å². The summed E-state index contributed by atoms with van der Waals surface area (Å²) in [5, 5.41) is 0. The van der Waals surface area contributed by atoms with Crippen LogP contribution in [0, 0.1) is 0 Å². The normalized spacial score (nSPS) is 25.4. The fourth-order valence-corrected chi connectivity index (χ4v) is 1.50. The highest BCUT2D eigenvalue weighted by molar-refractivity contribution is 5.85. The summed E-state index contributed by atoms with van der Waals surface area (Å²) < 4.78 is 5.62. The highest BCUT2D eigenvalue weighted by Gasteiger charge is 2.22. The first kappa shape index (κ1) is 10.4. The number of para-hydroxylation sites is 1. The second-order valence-electron chi connectivity index (χ2n) is 3.30. The fraction of sp³-hybridized carbons (Fsp3) is 0.400. The number of rotatable bonds is 0. The van der Waals surface area contributed by atoms with E-state index in [0.29, 0.717) is 0 Å². The van der Waals surface area contributed by atoms with Crippen LogP contribution in [0.3, 0.4) is 0 Å². The lowest BCUT2D eigenvalue weighted by atomic mass is 9.99. The lowest BCUT2D eigenvalue weighted by molar-refractivity contribution is 0.169. The Morgan fingerprint density at radius 3 is 2.85 bits per heavy atom. The molecule has 13 heavy (non-hydrogen) atoms. The van der Waals surface area contributed by atoms with E-state index in [9.17, 15) is 0 Å². The van der Waals surface area contributed by atoms with Crippen LogP contribution in [-0.2, 0) is 6.42 Å². The molecular formula is C10H14ClNO. The van der Waals surface area contributed by atoms with Gasteiger partial charge in [0.1, 0.15) is 11.9 Å². The van der Waals surface area contributed by atoms with Crippen LogP contribution < -0.4 is 10.5 Å². The summed E-state index contributed by atoms with van der Waals surface area (Å²) >= 11 is 0. The summed E-state index contributed by atoms with van der Waals surface area (Å²) in [6, 6.07) is 8.21. The molecule has 2 nitrogen and oxygen atoms in total. The van der Waals surface area contributed by atoms with Gasteiger partial charge in [-0.3, -0.25) is 0 Å². The van der Waals surface area contributed by atoms with Crippen LogP contribution in [0.4, 0.5) is 0 Å². The third-order valence-corrected chi connectivity index (χ3v) is 2.34. The van der Waals surface area contributed by atoms with Crippen molar-refractivity contribution < 1.29 is 4.74 Å². The first-order valence-electron chi connectivity index (χ1n) is 4.27. The Labute approximate surface area is 84.5 Å². The van der Waals surface area contributed by atoms with Crippen LogP contribution in [0.15, 0.2) is 24.3 Å². The number of fused-ring (bicyclic) bond motifs is 1. The molecule has 72 valence electrons. The Morgan fingerprint density at radius 1 is 1.38 bits per heavy atom. The zero-order valence-corrected chi connectivity index (χ0v) is 8.38. The molecule has 0 aliphatic carbocycles. The standard InChI is InChI=1S/C10H13NO.ClH/c1-7-9(11)6-8-4-2-3-5-10(8)12-7;/h2-5,7,9H,6,11H2,1H3;1H. The first-order chi connectivity index (χ1) is 5.77. The van der Waals surface area contributed by atoms with Crippen molar-refractivity contribution in [3.8, 4) is 5.75 Å². The van der Waals surface area contributed by atoms with Gasteiger partial charge in [-0.25, -0.2) is 0 Å². The highest BCUT2D eigenvalue weighted by Crippen LogP contribution is 2.26. The van der Waals surface area contributed by atoms with E-state index in [1.807, 2.05) is 25.1 Å². The Bertz CT molecular complexity index is 261. The topological polar surface area (TPSA) is 35.2 Å². The van der Waals surface area contributed by atoms with E-state index in [2.05, 4.69) is 6.07 Å². The molecule has 0 spiro atoms. The molecule has 1 heterocycles. The van der Waals surface area contributed by atoms with E-state index in [1.165, 1.54) is 5.56 Å². The van der Waals surface area contributed by atoms with Crippen molar-refractivity contribution in [2.24, 2.45) is 5.73 Å². The highest BCUT2D eigenvalue weighted by atomic mass is 35.5. The van der Waals surface area contributed by atoms with E-state index in [-0.39, 0.29) is 24.6 Å². The summed E-state index contributed by atoms with van der Waals surface area (Å²) in [5.74, 6) is 0.992. The number of hydrogen-bond acceptors (Lipinski definition) is 2. The molecule has 3 heteroatoms. The molecule has 0 amide bonds. The molecular weight excluding hydrogens is 186 g/mol. The van der Waals surface area contributed by atoms with Gasteiger partial charge in [0.15, 0.2) is 0 Å². The Hall–Kier alpha value is -0.730. The van der Waals surface area contributed by atoms with Crippen LogP contribution in [-0.4, -0.2) is 12.1 Å². The molecule has 2 atom stereocenters. The molecule has 0 saturated heterocycles. The first-order valence-corrected chi connectivity index (χ1v) is 4.27. The third kappa shape index (κ3) is 1.95. The van der Waals surface area contributed by atoms with E-state index in [4.69, 9.17) is 10.5 Å². The van der Waals surface area contributed by atoms with E-state index >= 15 is 0 Å². The van der Waals surface area contributed by atoms with E-state index in [1.54, 1.807) is 0 Å². The van der Waals surface area contributed by atoms with Crippen molar-refractivity contribution in [1.82, 2.24) is 0 Å². The lowest BCUT2D eigenvalue weighted by Gasteiger charge is -2.28. The van der Waals surface area contributed by atoms with Gasteiger partial charge < -0.3 is 10.5 Å². The van der Waals surface area contributed by atoms with Gasteiger partial charge in [0.25, 0.3) is 0 Å². The van der Waals surface area contributed by atoms with Gasteiger partial charge in [-0.1, -0.05) is 18.2 Å². The van der Waals surface area contributed by atoms with Gasteiger partial charge in [0.2, 0.25) is 0 Å². The molecule has 0 bridgehead atoms. The van der Waals surface area contributed by atoms with Crippen molar-refractivity contribution in [3.05, 3.63) is 29.8 Å². The number of ether oxygens (including phenoxy) is 1. The number of hydrogen-bond donors (Lipinski definition) is 1. The Balaban J connectivity index is 0.000000845. The monoisotopic (exact) mass is 199 g/mol. The molecule has 0 saturated carbocycles. The molecule has 0 radical (unpaired) electrons. The number of nitrogens with two attached hydrogens (primary N) is 1. The maximum absolute atomic E-state index is 5.87. The second-order valence-corrected chi connectivity index (χ2v) is 3.30. The molecule has 2 N–H and O–H groups in total. The summed E-state index contributed by atoms with van der Waals surface area (Å²) in [7, 11) is 0. The van der Waals surface area contributed by atoms with Crippen molar-refractivity contribution in [2.45, 2.75) is 25.5 Å². The summed E-state index contributed by atoms with van der Waals surface area (Å²) in [5.41, 5.74) is 7.09. The van der Waals surface area contributed by atoms with Crippen molar-refractivity contribution in [2.75, 3.05) is 0 Å². The zero-order valence-electron chi connectivity index (χ0n) is 7.57. The molecule has 1 aromatic carbocycles. The molecule has 1 aliphatic rings. The molecule has 2 unspecified atom stereocenters. The van der Waals surface area contributed by atoms with Crippen LogP contribution in [0.25, 0.3) is 0 Å². The predicted molar refractivity (Wildman–Crippen MR) is 55.5 cm³/mol. The quantitative estimate of drug-likeness (QED) is 0.691. The third-order valence-electron chi connectivity index (χ3n) is 2.34. The SMILES string of the molecule is CC1Oc2ccccc2CC1N.Cl. The maximum atomic E-state index is 5.87.